The van der Waals surface area contributed by atoms with Crippen LogP contribution in [0.2, 0.25) is 0 Å². The molecule has 5 heteroatoms. The second kappa shape index (κ2) is 5.96. The van der Waals surface area contributed by atoms with Gasteiger partial charge in [-0.1, -0.05) is 6.92 Å². The first kappa shape index (κ1) is 11.5. The second-order valence-corrected chi connectivity index (χ2v) is 4.13. The SMILES string of the molecule is CCNCc1ncnn1CC1CCCCO1. The highest BCUT2D eigenvalue weighted by Gasteiger charge is 2.16. The van der Waals surface area contributed by atoms with Crippen molar-refractivity contribution in [3.63, 3.8) is 0 Å². The zero-order valence-electron chi connectivity index (χ0n) is 9.85. The third-order valence-electron chi connectivity index (χ3n) is 2.88. The highest BCUT2D eigenvalue weighted by Crippen LogP contribution is 2.14. The van der Waals surface area contributed by atoms with E-state index in [4.69, 9.17) is 4.74 Å². The van der Waals surface area contributed by atoms with Crippen molar-refractivity contribution in [1.29, 1.82) is 0 Å². The minimum absolute atomic E-state index is 0.316. The molecule has 1 fully saturated rings. The summed E-state index contributed by atoms with van der Waals surface area (Å²) >= 11 is 0. The van der Waals surface area contributed by atoms with Gasteiger partial charge in [0.25, 0.3) is 0 Å². The van der Waals surface area contributed by atoms with Crippen molar-refractivity contribution in [3.8, 4) is 0 Å². The Labute approximate surface area is 96.2 Å². The molecule has 2 rings (SSSR count). The third kappa shape index (κ3) is 3.02. The zero-order valence-corrected chi connectivity index (χ0v) is 9.85. The molecule has 0 radical (unpaired) electrons. The van der Waals surface area contributed by atoms with E-state index in [1.807, 2.05) is 4.68 Å². The Hall–Kier alpha value is -0.940. The lowest BCUT2D eigenvalue weighted by molar-refractivity contribution is 0.00338. The van der Waals surface area contributed by atoms with Gasteiger partial charge in [0.15, 0.2) is 0 Å². The molecule has 0 bridgehead atoms. The molecule has 1 aromatic rings. The monoisotopic (exact) mass is 224 g/mol. The minimum Gasteiger partial charge on any atom is -0.376 e. The van der Waals surface area contributed by atoms with Crippen LogP contribution >= 0.6 is 0 Å². The molecule has 0 aliphatic carbocycles. The molecule has 0 saturated carbocycles. The maximum absolute atomic E-state index is 5.70. The first-order chi connectivity index (χ1) is 7.90. The van der Waals surface area contributed by atoms with E-state index in [2.05, 4.69) is 22.3 Å². The molecular formula is C11H20N4O. The van der Waals surface area contributed by atoms with Gasteiger partial charge in [-0.3, -0.25) is 0 Å². The van der Waals surface area contributed by atoms with E-state index in [0.717, 1.165) is 38.5 Å². The Kier molecular flexibility index (Phi) is 4.30. The summed E-state index contributed by atoms with van der Waals surface area (Å²) in [6, 6.07) is 0. The van der Waals surface area contributed by atoms with Gasteiger partial charge in [0.1, 0.15) is 12.2 Å². The van der Waals surface area contributed by atoms with Crippen molar-refractivity contribution in [3.05, 3.63) is 12.2 Å². The van der Waals surface area contributed by atoms with Crippen molar-refractivity contribution in [2.24, 2.45) is 0 Å². The summed E-state index contributed by atoms with van der Waals surface area (Å²) in [5, 5.41) is 7.51. The number of hydrogen-bond donors (Lipinski definition) is 1. The van der Waals surface area contributed by atoms with Crippen molar-refractivity contribution < 1.29 is 4.74 Å². The molecule has 1 aliphatic heterocycles. The number of aromatic nitrogens is 3. The van der Waals surface area contributed by atoms with Crippen LogP contribution in [0.3, 0.4) is 0 Å². The van der Waals surface area contributed by atoms with Crippen LogP contribution < -0.4 is 5.32 Å². The molecule has 2 heterocycles. The molecule has 0 spiro atoms. The maximum Gasteiger partial charge on any atom is 0.140 e. The molecule has 16 heavy (non-hydrogen) atoms. The number of nitrogens with one attached hydrogen (secondary N) is 1. The van der Waals surface area contributed by atoms with Gasteiger partial charge in [-0.2, -0.15) is 5.10 Å². The summed E-state index contributed by atoms with van der Waals surface area (Å²) < 4.78 is 7.66. The van der Waals surface area contributed by atoms with Gasteiger partial charge in [-0.25, -0.2) is 9.67 Å². The summed E-state index contributed by atoms with van der Waals surface area (Å²) in [6.07, 6.45) is 5.53. The maximum atomic E-state index is 5.70. The van der Waals surface area contributed by atoms with Crippen LogP contribution in [-0.2, 0) is 17.8 Å². The van der Waals surface area contributed by atoms with Crippen molar-refractivity contribution in [1.82, 2.24) is 20.1 Å². The first-order valence-corrected chi connectivity index (χ1v) is 6.09. The Bertz CT molecular complexity index is 307. The molecule has 1 aliphatic rings. The number of hydrogen-bond acceptors (Lipinski definition) is 4. The molecular weight excluding hydrogens is 204 g/mol. The number of nitrogens with zero attached hydrogens (tertiary/aromatic N) is 3. The van der Waals surface area contributed by atoms with Gasteiger partial charge < -0.3 is 10.1 Å². The van der Waals surface area contributed by atoms with Crippen LogP contribution in [0, 0.1) is 0 Å². The Morgan fingerprint density at radius 2 is 2.50 bits per heavy atom. The molecule has 1 unspecified atom stereocenters. The predicted molar refractivity (Wildman–Crippen MR) is 61.0 cm³/mol. The van der Waals surface area contributed by atoms with Crippen LogP contribution in [0.4, 0.5) is 0 Å². The lowest BCUT2D eigenvalue weighted by atomic mass is 10.1. The molecule has 0 amide bonds. The van der Waals surface area contributed by atoms with E-state index in [1.165, 1.54) is 12.8 Å². The van der Waals surface area contributed by atoms with E-state index >= 15 is 0 Å². The highest BCUT2D eigenvalue weighted by molar-refractivity contribution is 4.84. The molecule has 1 saturated heterocycles. The Morgan fingerprint density at radius 3 is 3.25 bits per heavy atom. The number of ether oxygens (including phenoxy) is 1. The zero-order chi connectivity index (χ0) is 11.2. The van der Waals surface area contributed by atoms with Crippen molar-refractivity contribution >= 4 is 0 Å². The molecule has 0 aromatic carbocycles. The van der Waals surface area contributed by atoms with Crippen LogP contribution in [0.1, 0.15) is 32.0 Å². The standard InChI is InChI=1S/C11H20N4O/c1-2-12-7-11-13-9-14-15(11)8-10-5-3-4-6-16-10/h9-10,12H,2-8H2,1H3. The van der Waals surface area contributed by atoms with E-state index in [0.29, 0.717) is 6.10 Å². The normalized spacial score (nSPS) is 21.2. The topological polar surface area (TPSA) is 52.0 Å². The summed E-state index contributed by atoms with van der Waals surface area (Å²) in [5.41, 5.74) is 0. The predicted octanol–water partition coefficient (Wildman–Crippen LogP) is 0.957. The fraction of sp³-hybridized carbons (Fsp3) is 0.818. The Balaban J connectivity index is 1.89. The summed E-state index contributed by atoms with van der Waals surface area (Å²) in [6.45, 7) is 5.55. The molecule has 5 nitrogen and oxygen atoms in total. The lowest BCUT2D eigenvalue weighted by Crippen LogP contribution is -2.27. The Morgan fingerprint density at radius 1 is 1.56 bits per heavy atom. The summed E-state index contributed by atoms with van der Waals surface area (Å²) in [5.74, 6) is 0.996. The number of rotatable bonds is 5. The van der Waals surface area contributed by atoms with Gasteiger partial charge in [-0.05, 0) is 25.8 Å². The average molecular weight is 224 g/mol. The minimum atomic E-state index is 0.316. The van der Waals surface area contributed by atoms with Crippen LogP contribution in [0.25, 0.3) is 0 Å². The van der Waals surface area contributed by atoms with E-state index in [-0.39, 0.29) is 0 Å². The van der Waals surface area contributed by atoms with E-state index < -0.39 is 0 Å². The van der Waals surface area contributed by atoms with E-state index in [1.54, 1.807) is 6.33 Å². The smallest absolute Gasteiger partial charge is 0.140 e. The largest absolute Gasteiger partial charge is 0.376 e. The molecule has 1 aromatic heterocycles. The highest BCUT2D eigenvalue weighted by atomic mass is 16.5. The van der Waals surface area contributed by atoms with E-state index in [9.17, 15) is 0 Å². The van der Waals surface area contributed by atoms with Crippen molar-refractivity contribution in [2.45, 2.75) is 45.4 Å². The lowest BCUT2D eigenvalue weighted by Gasteiger charge is -2.22. The quantitative estimate of drug-likeness (QED) is 0.809. The molecule has 90 valence electrons. The summed E-state index contributed by atoms with van der Waals surface area (Å²) in [4.78, 5) is 4.25. The van der Waals surface area contributed by atoms with Crippen LogP contribution in [0.15, 0.2) is 6.33 Å². The first-order valence-electron chi connectivity index (χ1n) is 6.09. The molecule has 1 atom stereocenters. The van der Waals surface area contributed by atoms with Crippen molar-refractivity contribution in [2.75, 3.05) is 13.2 Å². The fourth-order valence-corrected chi connectivity index (χ4v) is 1.96. The van der Waals surface area contributed by atoms with Crippen LogP contribution in [-0.4, -0.2) is 34.0 Å². The summed E-state index contributed by atoms with van der Waals surface area (Å²) in [7, 11) is 0. The van der Waals surface area contributed by atoms with Gasteiger partial charge in [0.2, 0.25) is 0 Å². The molecule has 1 N–H and O–H groups in total. The van der Waals surface area contributed by atoms with Gasteiger partial charge in [0.05, 0.1) is 19.2 Å². The van der Waals surface area contributed by atoms with Gasteiger partial charge in [-0.15, -0.1) is 0 Å². The van der Waals surface area contributed by atoms with Crippen LogP contribution in [0.5, 0.6) is 0 Å². The third-order valence-corrected chi connectivity index (χ3v) is 2.88. The fourth-order valence-electron chi connectivity index (χ4n) is 1.96. The second-order valence-electron chi connectivity index (χ2n) is 4.13. The van der Waals surface area contributed by atoms with Gasteiger partial charge >= 0.3 is 0 Å². The van der Waals surface area contributed by atoms with Gasteiger partial charge in [0, 0.05) is 6.61 Å². The average Bonchev–Trinajstić information content (AvgIpc) is 2.75.